The zero-order valence-electron chi connectivity index (χ0n) is 9.60. The minimum atomic E-state index is -2.75. The molecule has 5 heteroatoms. The fourth-order valence-electron chi connectivity index (χ4n) is 2.78. The third kappa shape index (κ3) is 3.18. The fraction of sp³-hybridized carbons (Fsp3) is 1.00. The molecule has 0 aromatic rings. The van der Waals surface area contributed by atoms with Crippen LogP contribution in [0, 0.1) is 11.8 Å². The third-order valence-corrected chi connectivity index (χ3v) is 5.64. The van der Waals surface area contributed by atoms with E-state index in [1.165, 1.54) is 0 Å². The number of hydrogen-bond acceptors (Lipinski definition) is 4. The zero-order valence-corrected chi connectivity index (χ0v) is 10.4. The Morgan fingerprint density at radius 3 is 2.50 bits per heavy atom. The third-order valence-electron chi connectivity index (χ3n) is 3.80. The summed E-state index contributed by atoms with van der Waals surface area (Å²) in [6.45, 7) is 1.61. The van der Waals surface area contributed by atoms with Crippen LogP contribution >= 0.6 is 0 Å². The van der Waals surface area contributed by atoms with Gasteiger partial charge in [0, 0.05) is 19.3 Å². The van der Waals surface area contributed by atoms with Gasteiger partial charge in [0.2, 0.25) is 0 Å². The fourth-order valence-corrected chi connectivity index (χ4v) is 4.66. The highest BCUT2D eigenvalue weighted by Crippen LogP contribution is 2.27. The number of sulfone groups is 1. The molecule has 0 bridgehead atoms. The summed E-state index contributed by atoms with van der Waals surface area (Å²) in [6, 6.07) is 0.155. The molecule has 0 spiro atoms. The Morgan fingerprint density at radius 2 is 1.94 bits per heavy atom. The van der Waals surface area contributed by atoms with E-state index in [1.807, 2.05) is 0 Å². The highest BCUT2D eigenvalue weighted by Gasteiger charge is 2.31. The van der Waals surface area contributed by atoms with Crippen molar-refractivity contribution in [3.8, 4) is 0 Å². The van der Waals surface area contributed by atoms with Gasteiger partial charge in [0.25, 0.3) is 0 Å². The van der Waals surface area contributed by atoms with Crippen LogP contribution in [-0.4, -0.2) is 39.2 Å². The van der Waals surface area contributed by atoms with Crippen LogP contribution in [-0.2, 0) is 14.6 Å². The smallest absolute Gasteiger partial charge is 0.150 e. The second-order valence-corrected chi connectivity index (χ2v) is 7.35. The zero-order chi connectivity index (χ0) is 11.6. The molecule has 2 N–H and O–H groups in total. The van der Waals surface area contributed by atoms with E-state index >= 15 is 0 Å². The second-order valence-electron chi connectivity index (χ2n) is 5.12. The summed E-state index contributed by atoms with van der Waals surface area (Å²) in [6.07, 6.45) is 3.73. The molecule has 2 unspecified atom stereocenters. The van der Waals surface area contributed by atoms with Crippen LogP contribution in [0.25, 0.3) is 0 Å². The van der Waals surface area contributed by atoms with E-state index in [0.717, 1.165) is 38.9 Å². The molecule has 0 radical (unpaired) electrons. The molecule has 2 fully saturated rings. The van der Waals surface area contributed by atoms with Gasteiger partial charge in [-0.1, -0.05) is 0 Å². The molecule has 2 rings (SSSR count). The van der Waals surface area contributed by atoms with E-state index < -0.39 is 9.84 Å². The summed E-state index contributed by atoms with van der Waals surface area (Å²) in [5.41, 5.74) is 6.17. The lowest BCUT2D eigenvalue weighted by molar-refractivity contribution is 0.0559. The highest BCUT2D eigenvalue weighted by atomic mass is 32.2. The van der Waals surface area contributed by atoms with Gasteiger partial charge in [0.1, 0.15) is 0 Å². The van der Waals surface area contributed by atoms with Gasteiger partial charge in [-0.2, -0.15) is 0 Å². The van der Waals surface area contributed by atoms with Crippen LogP contribution in [0.15, 0.2) is 0 Å². The Morgan fingerprint density at radius 1 is 1.25 bits per heavy atom. The van der Waals surface area contributed by atoms with Crippen LogP contribution in [0.5, 0.6) is 0 Å². The summed E-state index contributed by atoms with van der Waals surface area (Å²) < 4.78 is 28.0. The maximum atomic E-state index is 11.3. The molecule has 2 saturated heterocycles. The maximum absolute atomic E-state index is 11.3. The van der Waals surface area contributed by atoms with Gasteiger partial charge in [-0.3, -0.25) is 0 Å². The second kappa shape index (κ2) is 5.02. The molecule has 2 heterocycles. The number of rotatable bonds is 3. The van der Waals surface area contributed by atoms with Crippen molar-refractivity contribution in [2.24, 2.45) is 17.6 Å². The lowest BCUT2D eigenvalue weighted by atomic mass is 9.86. The highest BCUT2D eigenvalue weighted by molar-refractivity contribution is 7.91. The Bertz CT molecular complexity index is 322. The molecule has 16 heavy (non-hydrogen) atoms. The Labute approximate surface area is 97.5 Å². The standard InChI is InChI=1S/C11H21NO3S/c12-11(10-1-4-15-5-2-10)7-9-3-6-16(13,14)8-9/h9-11H,1-8,12H2. The molecule has 2 aliphatic heterocycles. The van der Waals surface area contributed by atoms with E-state index in [4.69, 9.17) is 10.5 Å². The molecular formula is C11H21NO3S. The number of hydrogen-bond donors (Lipinski definition) is 1. The number of nitrogens with two attached hydrogens (primary N) is 1. The average molecular weight is 247 g/mol. The van der Waals surface area contributed by atoms with Crippen molar-refractivity contribution < 1.29 is 13.2 Å². The lowest BCUT2D eigenvalue weighted by Gasteiger charge is -2.28. The first kappa shape index (κ1) is 12.3. The summed E-state index contributed by atoms with van der Waals surface area (Å²) in [4.78, 5) is 0. The predicted octanol–water partition coefficient (Wildman–Crippen LogP) is 0.565. The van der Waals surface area contributed by atoms with Gasteiger partial charge >= 0.3 is 0 Å². The van der Waals surface area contributed by atoms with Crippen molar-refractivity contribution in [2.45, 2.75) is 31.7 Å². The van der Waals surface area contributed by atoms with E-state index in [9.17, 15) is 8.42 Å². The van der Waals surface area contributed by atoms with Crippen molar-refractivity contribution in [3.05, 3.63) is 0 Å². The van der Waals surface area contributed by atoms with Gasteiger partial charge in [0.05, 0.1) is 11.5 Å². The van der Waals surface area contributed by atoms with Crippen molar-refractivity contribution in [1.29, 1.82) is 0 Å². The van der Waals surface area contributed by atoms with Crippen LogP contribution in [0.4, 0.5) is 0 Å². The molecule has 0 aromatic heterocycles. The van der Waals surface area contributed by atoms with E-state index in [-0.39, 0.29) is 6.04 Å². The van der Waals surface area contributed by atoms with E-state index in [1.54, 1.807) is 0 Å². The van der Waals surface area contributed by atoms with Gasteiger partial charge < -0.3 is 10.5 Å². The van der Waals surface area contributed by atoms with Crippen molar-refractivity contribution in [3.63, 3.8) is 0 Å². The quantitative estimate of drug-likeness (QED) is 0.791. The number of ether oxygens (including phenoxy) is 1. The predicted molar refractivity (Wildman–Crippen MR) is 62.9 cm³/mol. The van der Waals surface area contributed by atoms with Gasteiger partial charge in [-0.15, -0.1) is 0 Å². The van der Waals surface area contributed by atoms with Crippen molar-refractivity contribution in [2.75, 3.05) is 24.7 Å². The largest absolute Gasteiger partial charge is 0.381 e. The molecule has 0 saturated carbocycles. The van der Waals surface area contributed by atoms with Gasteiger partial charge in [0.15, 0.2) is 9.84 Å². The molecule has 4 nitrogen and oxygen atoms in total. The topological polar surface area (TPSA) is 69.4 Å². The van der Waals surface area contributed by atoms with E-state index in [2.05, 4.69) is 0 Å². The monoisotopic (exact) mass is 247 g/mol. The minimum Gasteiger partial charge on any atom is -0.381 e. The molecule has 0 aromatic carbocycles. The van der Waals surface area contributed by atoms with E-state index in [0.29, 0.717) is 23.3 Å². The Balaban J connectivity index is 1.80. The summed E-state index contributed by atoms with van der Waals surface area (Å²) in [5, 5.41) is 0. The van der Waals surface area contributed by atoms with Crippen molar-refractivity contribution >= 4 is 9.84 Å². The summed E-state index contributed by atoms with van der Waals surface area (Å²) in [7, 11) is -2.75. The maximum Gasteiger partial charge on any atom is 0.150 e. The summed E-state index contributed by atoms with van der Waals surface area (Å²) in [5.74, 6) is 1.53. The molecule has 2 aliphatic rings. The molecule has 0 amide bonds. The van der Waals surface area contributed by atoms with Crippen LogP contribution in [0.3, 0.4) is 0 Å². The van der Waals surface area contributed by atoms with Crippen LogP contribution < -0.4 is 5.73 Å². The summed E-state index contributed by atoms with van der Waals surface area (Å²) >= 11 is 0. The van der Waals surface area contributed by atoms with Gasteiger partial charge in [-0.05, 0) is 37.5 Å². The SMILES string of the molecule is NC(CC1CCS(=O)(=O)C1)C1CCOCC1. The van der Waals surface area contributed by atoms with Crippen LogP contribution in [0.2, 0.25) is 0 Å². The van der Waals surface area contributed by atoms with Gasteiger partial charge in [-0.25, -0.2) is 8.42 Å². The minimum absolute atomic E-state index is 0.155. The molecular weight excluding hydrogens is 226 g/mol. The van der Waals surface area contributed by atoms with Crippen molar-refractivity contribution in [1.82, 2.24) is 0 Å². The normalized spacial score (nSPS) is 32.7. The lowest BCUT2D eigenvalue weighted by Crippen LogP contribution is -2.36. The Hall–Kier alpha value is -0.130. The molecule has 2 atom stereocenters. The molecule has 0 aliphatic carbocycles. The first-order chi connectivity index (χ1) is 7.57. The molecule has 94 valence electrons. The Kier molecular flexibility index (Phi) is 3.87. The first-order valence-corrected chi connectivity index (χ1v) is 7.93. The first-order valence-electron chi connectivity index (χ1n) is 6.10. The average Bonchev–Trinajstić information content (AvgIpc) is 2.59. The van der Waals surface area contributed by atoms with Crippen LogP contribution in [0.1, 0.15) is 25.7 Å².